The van der Waals surface area contributed by atoms with Crippen molar-refractivity contribution in [3.05, 3.63) is 42.1 Å². The number of hydrogen-bond acceptors (Lipinski definition) is 2. The van der Waals surface area contributed by atoms with Crippen LogP contribution in [0.2, 0.25) is 0 Å². The number of unbranched alkanes of at least 4 members (excludes halogenated alkanes) is 5. The van der Waals surface area contributed by atoms with Gasteiger partial charge in [0.05, 0.1) is 11.6 Å². The minimum Gasteiger partial charge on any atom is -0.393 e. The van der Waals surface area contributed by atoms with Crippen LogP contribution in [-0.4, -0.2) is 16.2 Å². The number of benzene rings is 1. The Hall–Kier alpha value is -1.41. The second-order valence-electron chi connectivity index (χ2n) is 5.90. The molecule has 2 rings (SSSR count). The van der Waals surface area contributed by atoms with E-state index >= 15 is 0 Å². The molecule has 0 fully saturated rings. The van der Waals surface area contributed by atoms with Gasteiger partial charge in [0.15, 0.2) is 0 Å². The van der Waals surface area contributed by atoms with Gasteiger partial charge in [-0.05, 0) is 30.5 Å². The second kappa shape index (κ2) is 8.78. The van der Waals surface area contributed by atoms with Crippen molar-refractivity contribution in [1.29, 1.82) is 0 Å². The van der Waals surface area contributed by atoms with E-state index in [-0.39, 0.29) is 6.10 Å². The van der Waals surface area contributed by atoms with Crippen LogP contribution in [0.5, 0.6) is 0 Å². The first-order valence-electron chi connectivity index (χ1n) is 8.32. The van der Waals surface area contributed by atoms with Gasteiger partial charge in [0.25, 0.3) is 0 Å². The number of para-hydroxylation sites is 1. The van der Waals surface area contributed by atoms with Crippen LogP contribution in [0, 0.1) is 0 Å². The molecule has 1 heterocycles. The highest BCUT2D eigenvalue weighted by molar-refractivity contribution is 5.81. The summed E-state index contributed by atoms with van der Waals surface area (Å²) in [6.45, 7) is 2.24. The third-order valence-electron chi connectivity index (χ3n) is 4.09. The number of hydrogen-bond donors (Lipinski definition) is 1. The Labute approximate surface area is 128 Å². The average molecular weight is 285 g/mol. The predicted molar refractivity (Wildman–Crippen MR) is 89.4 cm³/mol. The number of aliphatic hydroxyl groups excluding tert-OH is 1. The molecule has 0 saturated carbocycles. The molecule has 0 radical (unpaired) electrons. The van der Waals surface area contributed by atoms with Crippen LogP contribution in [0.4, 0.5) is 0 Å². The quantitative estimate of drug-likeness (QED) is 0.665. The van der Waals surface area contributed by atoms with E-state index < -0.39 is 0 Å². The van der Waals surface area contributed by atoms with Gasteiger partial charge in [-0.25, -0.2) is 0 Å². The number of nitrogens with zero attached hydrogens (tertiary/aromatic N) is 1. The van der Waals surface area contributed by atoms with Gasteiger partial charge in [-0.1, -0.05) is 63.6 Å². The molecule has 1 N–H and O–H groups in total. The Morgan fingerprint density at radius 3 is 2.62 bits per heavy atom. The van der Waals surface area contributed by atoms with Crippen molar-refractivity contribution in [2.75, 3.05) is 0 Å². The van der Waals surface area contributed by atoms with Crippen molar-refractivity contribution >= 4 is 10.9 Å². The van der Waals surface area contributed by atoms with E-state index in [0.29, 0.717) is 0 Å². The predicted octanol–water partition coefficient (Wildman–Crippen LogP) is 4.89. The molecule has 1 aromatic carbocycles. The molecule has 2 nitrogen and oxygen atoms in total. The SMILES string of the molecule is CCCCCCCCC(O)Cc1ccnc2ccccc12. The highest BCUT2D eigenvalue weighted by Crippen LogP contribution is 2.19. The molecule has 1 atom stereocenters. The highest BCUT2D eigenvalue weighted by Gasteiger charge is 2.08. The van der Waals surface area contributed by atoms with Gasteiger partial charge < -0.3 is 5.11 Å². The lowest BCUT2D eigenvalue weighted by Gasteiger charge is -2.12. The molecule has 0 spiro atoms. The monoisotopic (exact) mass is 285 g/mol. The minimum atomic E-state index is -0.234. The fraction of sp³-hybridized carbons (Fsp3) is 0.526. The van der Waals surface area contributed by atoms with E-state index in [1.165, 1.54) is 43.1 Å². The lowest BCUT2D eigenvalue weighted by molar-refractivity contribution is 0.161. The van der Waals surface area contributed by atoms with Gasteiger partial charge in [0.2, 0.25) is 0 Å². The van der Waals surface area contributed by atoms with Gasteiger partial charge in [-0.3, -0.25) is 4.98 Å². The number of fused-ring (bicyclic) bond motifs is 1. The van der Waals surface area contributed by atoms with E-state index in [9.17, 15) is 5.11 Å². The third-order valence-corrected chi connectivity index (χ3v) is 4.09. The zero-order valence-electron chi connectivity index (χ0n) is 13.1. The van der Waals surface area contributed by atoms with Crippen LogP contribution in [-0.2, 0) is 6.42 Å². The first-order chi connectivity index (χ1) is 10.3. The van der Waals surface area contributed by atoms with Crippen LogP contribution >= 0.6 is 0 Å². The van der Waals surface area contributed by atoms with Gasteiger partial charge in [-0.2, -0.15) is 0 Å². The Morgan fingerprint density at radius 2 is 1.76 bits per heavy atom. The van der Waals surface area contributed by atoms with E-state index in [4.69, 9.17) is 0 Å². The number of aromatic nitrogens is 1. The average Bonchev–Trinajstić information content (AvgIpc) is 2.51. The zero-order chi connectivity index (χ0) is 14.9. The first kappa shape index (κ1) is 16.0. The Bertz CT molecular complexity index is 533. The maximum atomic E-state index is 10.2. The van der Waals surface area contributed by atoms with Gasteiger partial charge in [0, 0.05) is 11.6 Å². The van der Waals surface area contributed by atoms with E-state index in [1.54, 1.807) is 0 Å². The fourth-order valence-corrected chi connectivity index (χ4v) is 2.85. The summed E-state index contributed by atoms with van der Waals surface area (Å²) in [4.78, 5) is 4.37. The van der Waals surface area contributed by atoms with E-state index in [1.807, 2.05) is 30.5 Å². The summed E-state index contributed by atoms with van der Waals surface area (Å²) in [6, 6.07) is 10.2. The Balaban J connectivity index is 1.80. The molecule has 0 saturated heterocycles. The molecule has 0 aliphatic rings. The molecule has 1 aromatic heterocycles. The summed E-state index contributed by atoms with van der Waals surface area (Å²) in [7, 11) is 0. The highest BCUT2D eigenvalue weighted by atomic mass is 16.3. The molecule has 0 aliphatic heterocycles. The molecule has 0 bridgehead atoms. The molecule has 0 aliphatic carbocycles. The lowest BCUT2D eigenvalue weighted by atomic mass is 9.99. The summed E-state index contributed by atoms with van der Waals surface area (Å²) < 4.78 is 0. The largest absolute Gasteiger partial charge is 0.393 e. The molecule has 2 heteroatoms. The summed E-state index contributed by atoms with van der Waals surface area (Å²) >= 11 is 0. The lowest BCUT2D eigenvalue weighted by Crippen LogP contribution is -2.10. The molecular formula is C19H27NO. The number of pyridine rings is 1. The Morgan fingerprint density at radius 1 is 1.00 bits per heavy atom. The summed E-state index contributed by atoms with van der Waals surface area (Å²) in [5, 5.41) is 11.4. The van der Waals surface area contributed by atoms with Crippen molar-refractivity contribution < 1.29 is 5.11 Å². The Kier molecular flexibility index (Phi) is 6.68. The number of aliphatic hydroxyl groups is 1. The third kappa shape index (κ3) is 5.13. The summed E-state index contributed by atoms with van der Waals surface area (Å²) in [5.74, 6) is 0. The maximum absolute atomic E-state index is 10.2. The molecule has 21 heavy (non-hydrogen) atoms. The molecule has 0 amide bonds. The van der Waals surface area contributed by atoms with Crippen LogP contribution in [0.15, 0.2) is 36.5 Å². The van der Waals surface area contributed by atoms with Crippen molar-refractivity contribution in [2.45, 2.75) is 64.4 Å². The van der Waals surface area contributed by atoms with Gasteiger partial charge >= 0.3 is 0 Å². The minimum absolute atomic E-state index is 0.234. The van der Waals surface area contributed by atoms with Crippen molar-refractivity contribution in [3.8, 4) is 0 Å². The van der Waals surface area contributed by atoms with Crippen molar-refractivity contribution in [1.82, 2.24) is 4.98 Å². The second-order valence-corrected chi connectivity index (χ2v) is 5.90. The fourth-order valence-electron chi connectivity index (χ4n) is 2.85. The van der Waals surface area contributed by atoms with Crippen LogP contribution in [0.25, 0.3) is 10.9 Å². The molecule has 1 unspecified atom stereocenters. The molecule has 2 aromatic rings. The van der Waals surface area contributed by atoms with Crippen molar-refractivity contribution in [2.24, 2.45) is 0 Å². The van der Waals surface area contributed by atoms with E-state index in [0.717, 1.165) is 24.8 Å². The van der Waals surface area contributed by atoms with Crippen LogP contribution in [0.3, 0.4) is 0 Å². The zero-order valence-corrected chi connectivity index (χ0v) is 13.1. The molecule has 114 valence electrons. The smallest absolute Gasteiger partial charge is 0.0704 e. The van der Waals surface area contributed by atoms with Gasteiger partial charge in [-0.15, -0.1) is 0 Å². The maximum Gasteiger partial charge on any atom is 0.0704 e. The van der Waals surface area contributed by atoms with Gasteiger partial charge in [0.1, 0.15) is 0 Å². The summed E-state index contributed by atoms with van der Waals surface area (Å²) in [6.07, 6.45) is 10.9. The van der Waals surface area contributed by atoms with Crippen LogP contribution < -0.4 is 0 Å². The normalized spacial score (nSPS) is 12.7. The number of rotatable bonds is 9. The van der Waals surface area contributed by atoms with Crippen LogP contribution in [0.1, 0.15) is 57.4 Å². The summed E-state index contributed by atoms with van der Waals surface area (Å²) in [5.41, 5.74) is 2.22. The van der Waals surface area contributed by atoms with Crippen molar-refractivity contribution in [3.63, 3.8) is 0 Å². The van der Waals surface area contributed by atoms with E-state index in [2.05, 4.69) is 18.0 Å². The standard InChI is InChI=1S/C19H27NO/c1-2-3-4-5-6-7-10-17(21)15-16-13-14-20-19-12-9-8-11-18(16)19/h8-9,11-14,17,21H,2-7,10,15H2,1H3. The molecular weight excluding hydrogens is 258 g/mol. The first-order valence-corrected chi connectivity index (χ1v) is 8.32. The topological polar surface area (TPSA) is 33.1 Å².